The number of imidazole rings is 1. The monoisotopic (exact) mass is 255 g/mol. The Morgan fingerprint density at radius 3 is 2.79 bits per heavy atom. The van der Waals surface area contributed by atoms with Gasteiger partial charge in [0.1, 0.15) is 11.6 Å². The number of aromatic nitrogens is 2. The van der Waals surface area contributed by atoms with Crippen LogP contribution in [-0.4, -0.2) is 9.55 Å². The molecule has 0 aliphatic heterocycles. The van der Waals surface area contributed by atoms with Crippen molar-refractivity contribution < 1.29 is 4.39 Å². The molecule has 0 bridgehead atoms. The number of halogens is 1. The average Bonchev–Trinajstić information content (AvgIpc) is 2.65. The molecular weight excluding hydrogens is 241 g/mol. The lowest BCUT2D eigenvalue weighted by Gasteiger charge is -2.08. The van der Waals surface area contributed by atoms with Crippen LogP contribution in [0.25, 0.3) is 11.0 Å². The van der Waals surface area contributed by atoms with Crippen LogP contribution < -0.4 is 5.73 Å². The van der Waals surface area contributed by atoms with E-state index in [9.17, 15) is 4.39 Å². The molecule has 4 heteroatoms. The van der Waals surface area contributed by atoms with Crippen LogP contribution in [0.4, 0.5) is 10.1 Å². The molecule has 0 aliphatic rings. The van der Waals surface area contributed by atoms with Gasteiger partial charge < -0.3 is 10.3 Å². The minimum atomic E-state index is -0.308. The first-order valence-corrected chi connectivity index (χ1v) is 6.10. The molecule has 0 radical (unpaired) electrons. The number of nitrogen functional groups attached to an aromatic ring is 1. The summed E-state index contributed by atoms with van der Waals surface area (Å²) in [4.78, 5) is 4.49. The van der Waals surface area contributed by atoms with Crippen molar-refractivity contribution in [1.29, 1.82) is 0 Å². The van der Waals surface area contributed by atoms with E-state index in [4.69, 9.17) is 5.73 Å². The summed E-state index contributed by atoms with van der Waals surface area (Å²) in [7, 11) is 0. The third-order valence-corrected chi connectivity index (χ3v) is 3.17. The summed E-state index contributed by atoms with van der Waals surface area (Å²) in [6, 6.07) is 12.5. The minimum Gasteiger partial charge on any atom is -0.399 e. The molecule has 0 fully saturated rings. The van der Waals surface area contributed by atoms with Crippen LogP contribution in [0, 0.1) is 12.7 Å². The lowest BCUT2D eigenvalue weighted by Crippen LogP contribution is -2.03. The topological polar surface area (TPSA) is 43.8 Å². The van der Waals surface area contributed by atoms with Crippen LogP contribution >= 0.6 is 0 Å². The van der Waals surface area contributed by atoms with E-state index in [1.165, 1.54) is 12.1 Å². The van der Waals surface area contributed by atoms with E-state index in [2.05, 4.69) is 9.55 Å². The maximum absolute atomic E-state index is 13.4. The molecule has 0 atom stereocenters. The molecule has 2 aromatic carbocycles. The number of benzene rings is 2. The van der Waals surface area contributed by atoms with Crippen LogP contribution in [0.2, 0.25) is 0 Å². The highest BCUT2D eigenvalue weighted by atomic mass is 19.1. The zero-order chi connectivity index (χ0) is 13.4. The number of hydrogen-bond donors (Lipinski definition) is 1. The summed E-state index contributed by atoms with van der Waals surface area (Å²) in [6.45, 7) is 2.51. The zero-order valence-electron chi connectivity index (χ0n) is 10.6. The van der Waals surface area contributed by atoms with E-state index in [0.29, 0.717) is 12.2 Å². The maximum Gasteiger partial charge on any atom is 0.125 e. The molecule has 0 amide bonds. The van der Waals surface area contributed by atoms with Crippen molar-refractivity contribution in [3.63, 3.8) is 0 Å². The zero-order valence-corrected chi connectivity index (χ0v) is 10.6. The number of nitrogens with two attached hydrogens (primary N) is 1. The molecule has 0 unspecified atom stereocenters. The van der Waals surface area contributed by atoms with Gasteiger partial charge in [-0.15, -0.1) is 0 Å². The lowest BCUT2D eigenvalue weighted by molar-refractivity contribution is 0.624. The Kier molecular flexibility index (Phi) is 2.71. The highest BCUT2D eigenvalue weighted by molar-refractivity contribution is 5.76. The molecule has 0 aliphatic carbocycles. The van der Waals surface area contributed by atoms with E-state index in [0.717, 1.165) is 22.4 Å². The second kappa shape index (κ2) is 4.39. The number of hydrogen-bond acceptors (Lipinski definition) is 2. The highest BCUT2D eigenvalue weighted by Crippen LogP contribution is 2.19. The molecule has 1 aromatic heterocycles. The SMILES string of the molecule is Cc1nc2ccccc2n1Cc1cc(N)cc(F)c1. The number of anilines is 1. The molecule has 3 aromatic rings. The van der Waals surface area contributed by atoms with Gasteiger partial charge in [-0.25, -0.2) is 9.37 Å². The average molecular weight is 255 g/mol. The molecule has 3 rings (SSSR count). The van der Waals surface area contributed by atoms with Crippen molar-refractivity contribution >= 4 is 16.7 Å². The quantitative estimate of drug-likeness (QED) is 0.715. The van der Waals surface area contributed by atoms with E-state index >= 15 is 0 Å². The normalized spacial score (nSPS) is 11.1. The Hall–Kier alpha value is -2.36. The largest absolute Gasteiger partial charge is 0.399 e. The van der Waals surface area contributed by atoms with E-state index in [1.54, 1.807) is 6.07 Å². The van der Waals surface area contributed by atoms with Gasteiger partial charge in [0, 0.05) is 12.2 Å². The van der Waals surface area contributed by atoms with Gasteiger partial charge in [-0.2, -0.15) is 0 Å². The number of rotatable bonds is 2. The standard InChI is InChI=1S/C15H14FN3/c1-10-18-14-4-2-3-5-15(14)19(10)9-11-6-12(16)8-13(17)7-11/h2-8H,9,17H2,1H3. The maximum atomic E-state index is 13.4. The van der Waals surface area contributed by atoms with Crippen LogP contribution in [-0.2, 0) is 6.54 Å². The second-order valence-corrected chi connectivity index (χ2v) is 4.63. The summed E-state index contributed by atoms with van der Waals surface area (Å²) in [5.74, 6) is 0.598. The Labute approximate surface area is 110 Å². The van der Waals surface area contributed by atoms with Gasteiger partial charge in [-0.3, -0.25) is 0 Å². The third kappa shape index (κ3) is 2.17. The van der Waals surface area contributed by atoms with Crippen molar-refractivity contribution in [2.45, 2.75) is 13.5 Å². The van der Waals surface area contributed by atoms with Gasteiger partial charge in [-0.05, 0) is 42.8 Å². The van der Waals surface area contributed by atoms with E-state index < -0.39 is 0 Å². The molecule has 1 heterocycles. The highest BCUT2D eigenvalue weighted by Gasteiger charge is 2.08. The van der Waals surface area contributed by atoms with Crippen LogP contribution in [0.1, 0.15) is 11.4 Å². The molecule has 3 nitrogen and oxygen atoms in total. The Bertz CT molecular complexity index is 726. The van der Waals surface area contributed by atoms with Crippen molar-refractivity contribution in [2.75, 3.05) is 5.73 Å². The van der Waals surface area contributed by atoms with Gasteiger partial charge in [-0.1, -0.05) is 12.1 Å². The Morgan fingerprint density at radius 2 is 2.00 bits per heavy atom. The Balaban J connectivity index is 2.07. The summed E-state index contributed by atoms with van der Waals surface area (Å²) < 4.78 is 15.4. The molecule has 0 spiro atoms. The number of aryl methyl sites for hydroxylation is 1. The van der Waals surface area contributed by atoms with Gasteiger partial charge in [0.15, 0.2) is 0 Å². The third-order valence-electron chi connectivity index (χ3n) is 3.17. The Morgan fingerprint density at radius 1 is 1.21 bits per heavy atom. The predicted octanol–water partition coefficient (Wildman–Crippen LogP) is 3.11. The van der Waals surface area contributed by atoms with Gasteiger partial charge >= 0.3 is 0 Å². The lowest BCUT2D eigenvalue weighted by atomic mass is 10.2. The first-order chi connectivity index (χ1) is 9.13. The number of nitrogens with zero attached hydrogens (tertiary/aromatic N) is 2. The smallest absolute Gasteiger partial charge is 0.125 e. The van der Waals surface area contributed by atoms with E-state index in [1.807, 2.05) is 31.2 Å². The van der Waals surface area contributed by atoms with Gasteiger partial charge in [0.05, 0.1) is 11.0 Å². The number of para-hydroxylation sites is 2. The summed E-state index contributed by atoms with van der Waals surface area (Å²) >= 11 is 0. The second-order valence-electron chi connectivity index (χ2n) is 4.63. The summed E-state index contributed by atoms with van der Waals surface area (Å²) in [5, 5.41) is 0. The van der Waals surface area contributed by atoms with Crippen molar-refractivity contribution in [3.8, 4) is 0 Å². The minimum absolute atomic E-state index is 0.308. The van der Waals surface area contributed by atoms with Gasteiger partial charge in [0.25, 0.3) is 0 Å². The predicted molar refractivity (Wildman–Crippen MR) is 74.4 cm³/mol. The molecule has 0 saturated carbocycles. The molecule has 19 heavy (non-hydrogen) atoms. The van der Waals surface area contributed by atoms with Crippen LogP contribution in [0.3, 0.4) is 0 Å². The van der Waals surface area contributed by atoms with Crippen molar-refractivity contribution in [1.82, 2.24) is 9.55 Å². The van der Waals surface area contributed by atoms with Gasteiger partial charge in [0.2, 0.25) is 0 Å². The fourth-order valence-electron chi connectivity index (χ4n) is 2.34. The fraction of sp³-hybridized carbons (Fsp3) is 0.133. The summed E-state index contributed by atoms with van der Waals surface area (Å²) in [6.07, 6.45) is 0. The fourth-order valence-corrected chi connectivity index (χ4v) is 2.34. The van der Waals surface area contributed by atoms with Crippen molar-refractivity contribution in [3.05, 3.63) is 59.7 Å². The molecular formula is C15H14FN3. The first-order valence-electron chi connectivity index (χ1n) is 6.10. The van der Waals surface area contributed by atoms with E-state index in [-0.39, 0.29) is 5.82 Å². The number of fused-ring (bicyclic) bond motifs is 1. The first kappa shape index (κ1) is 11.7. The van der Waals surface area contributed by atoms with Crippen molar-refractivity contribution in [2.24, 2.45) is 0 Å². The van der Waals surface area contributed by atoms with Crippen LogP contribution in [0.5, 0.6) is 0 Å². The van der Waals surface area contributed by atoms with Crippen LogP contribution in [0.15, 0.2) is 42.5 Å². The molecule has 96 valence electrons. The molecule has 2 N–H and O–H groups in total. The summed E-state index contributed by atoms with van der Waals surface area (Å²) in [5.41, 5.74) is 8.95. The molecule has 0 saturated heterocycles.